The lowest BCUT2D eigenvalue weighted by Crippen LogP contribution is -2.10. The molecule has 4 aromatic rings. The summed E-state index contributed by atoms with van der Waals surface area (Å²) in [5, 5.41) is 15.0. The van der Waals surface area contributed by atoms with E-state index in [1.807, 2.05) is 12.1 Å². The van der Waals surface area contributed by atoms with Gasteiger partial charge in [0.05, 0.1) is 22.1 Å². The van der Waals surface area contributed by atoms with Crippen molar-refractivity contribution in [3.8, 4) is 11.6 Å². The fourth-order valence-corrected chi connectivity index (χ4v) is 2.58. The van der Waals surface area contributed by atoms with Crippen LogP contribution in [0.15, 0.2) is 36.4 Å². The number of hydrogen-bond acceptors (Lipinski definition) is 4. The third kappa shape index (κ3) is 3.19. The fraction of sp³-hybridized carbons (Fsp3) is 0. The predicted molar refractivity (Wildman–Crippen MR) is 108 cm³/mol. The normalized spacial score (nSPS) is 10.3. The van der Waals surface area contributed by atoms with E-state index < -0.39 is 0 Å². The number of rotatable bonds is 3. The van der Waals surface area contributed by atoms with Crippen molar-refractivity contribution in [3.05, 3.63) is 47.5 Å². The third-order valence-electron chi connectivity index (χ3n) is 3.81. The Hall–Kier alpha value is -3.10. The number of amidine groups is 2. The molecule has 0 saturated carbocycles. The molecule has 2 aromatic carbocycles. The van der Waals surface area contributed by atoms with Gasteiger partial charge in [-0.05, 0) is 36.4 Å². The molecule has 0 unspecified atom stereocenters. The number of nitrogens with one attached hydrogen (secondary N) is 4. The van der Waals surface area contributed by atoms with E-state index in [4.69, 9.17) is 22.3 Å². The number of aromatic nitrogens is 4. The Kier molecular flexibility index (Phi) is 5.20. The van der Waals surface area contributed by atoms with Gasteiger partial charge in [0.2, 0.25) is 0 Å². The summed E-state index contributed by atoms with van der Waals surface area (Å²) in [5.74, 6) is 1.19. The second-order valence-corrected chi connectivity index (χ2v) is 5.46. The zero-order valence-corrected chi connectivity index (χ0v) is 15.0. The van der Waals surface area contributed by atoms with Crippen molar-refractivity contribution in [1.82, 2.24) is 19.9 Å². The van der Waals surface area contributed by atoms with Gasteiger partial charge < -0.3 is 21.4 Å². The second-order valence-electron chi connectivity index (χ2n) is 5.46. The van der Waals surface area contributed by atoms with Gasteiger partial charge in [0.1, 0.15) is 11.7 Å². The molecule has 0 spiro atoms. The van der Waals surface area contributed by atoms with E-state index in [2.05, 4.69) is 19.9 Å². The summed E-state index contributed by atoms with van der Waals surface area (Å²) >= 11 is 0. The van der Waals surface area contributed by atoms with E-state index in [1.54, 1.807) is 24.3 Å². The number of aromatic amines is 2. The molecule has 2 aromatic heterocycles. The van der Waals surface area contributed by atoms with Crippen LogP contribution in [-0.4, -0.2) is 31.6 Å². The van der Waals surface area contributed by atoms with Gasteiger partial charge in [-0.3, -0.25) is 10.8 Å². The zero-order chi connectivity index (χ0) is 16.8. The number of nitrogens with zero attached hydrogens (tertiary/aromatic N) is 2. The number of benzene rings is 2. The Morgan fingerprint density at radius 3 is 1.46 bits per heavy atom. The van der Waals surface area contributed by atoms with Crippen LogP contribution in [-0.2, 0) is 0 Å². The van der Waals surface area contributed by atoms with Gasteiger partial charge in [0.15, 0.2) is 11.6 Å². The van der Waals surface area contributed by atoms with Gasteiger partial charge in [-0.2, -0.15) is 0 Å². The number of halogens is 2. The monoisotopic (exact) mass is 390 g/mol. The van der Waals surface area contributed by atoms with Gasteiger partial charge in [-0.15, -0.1) is 24.8 Å². The second kappa shape index (κ2) is 7.03. The topological polar surface area (TPSA) is 157 Å². The summed E-state index contributed by atoms with van der Waals surface area (Å²) in [6.07, 6.45) is 0. The highest BCUT2D eigenvalue weighted by Gasteiger charge is 2.11. The first-order valence-corrected chi connectivity index (χ1v) is 7.20. The minimum atomic E-state index is 0. The molecule has 10 heteroatoms. The summed E-state index contributed by atoms with van der Waals surface area (Å²) in [6, 6.07) is 10.7. The summed E-state index contributed by atoms with van der Waals surface area (Å²) in [5.41, 5.74) is 15.4. The molecule has 0 fully saturated rings. The molecule has 0 aliphatic heterocycles. The molecule has 0 bridgehead atoms. The van der Waals surface area contributed by atoms with Crippen molar-refractivity contribution in [2.45, 2.75) is 0 Å². The first-order valence-electron chi connectivity index (χ1n) is 7.20. The molecule has 26 heavy (non-hydrogen) atoms. The van der Waals surface area contributed by atoms with E-state index in [0.717, 1.165) is 22.1 Å². The predicted octanol–water partition coefficient (Wildman–Crippen LogP) is 2.52. The Balaban J connectivity index is 0.00000121. The van der Waals surface area contributed by atoms with Crippen LogP contribution in [0.2, 0.25) is 0 Å². The summed E-state index contributed by atoms with van der Waals surface area (Å²) < 4.78 is 0. The average molecular weight is 391 g/mol. The Morgan fingerprint density at radius 2 is 1.12 bits per heavy atom. The Labute approximate surface area is 160 Å². The number of nitrogens with two attached hydrogens (primary N) is 2. The maximum absolute atomic E-state index is 7.51. The molecule has 0 atom stereocenters. The van der Waals surface area contributed by atoms with Crippen LogP contribution in [0.3, 0.4) is 0 Å². The number of H-pyrrole nitrogens is 2. The number of hydrogen-bond donors (Lipinski definition) is 6. The third-order valence-corrected chi connectivity index (χ3v) is 3.81. The molecule has 0 aliphatic rings. The smallest absolute Gasteiger partial charge is 0.174 e. The summed E-state index contributed by atoms with van der Waals surface area (Å²) in [6.45, 7) is 0. The number of imidazole rings is 2. The molecule has 0 radical (unpaired) electrons. The Morgan fingerprint density at radius 1 is 0.731 bits per heavy atom. The highest BCUT2D eigenvalue weighted by molar-refractivity contribution is 5.99. The lowest BCUT2D eigenvalue weighted by Gasteiger charge is -1.96. The van der Waals surface area contributed by atoms with E-state index in [0.29, 0.717) is 22.8 Å². The molecule has 0 amide bonds. The highest BCUT2D eigenvalue weighted by atomic mass is 35.5. The van der Waals surface area contributed by atoms with Gasteiger partial charge in [-0.1, -0.05) is 0 Å². The average Bonchev–Trinajstić information content (AvgIpc) is 3.16. The lowest BCUT2D eigenvalue weighted by atomic mass is 10.2. The molecular formula is C16H16Cl2N8. The lowest BCUT2D eigenvalue weighted by molar-refractivity contribution is 1.22. The molecule has 2 heterocycles. The van der Waals surface area contributed by atoms with Crippen molar-refractivity contribution >= 4 is 58.6 Å². The minimum absolute atomic E-state index is 0. The summed E-state index contributed by atoms with van der Waals surface area (Å²) in [4.78, 5) is 15.4. The van der Waals surface area contributed by atoms with Gasteiger partial charge in [0.25, 0.3) is 0 Å². The largest absolute Gasteiger partial charge is 0.384 e. The summed E-state index contributed by atoms with van der Waals surface area (Å²) in [7, 11) is 0. The standard InChI is InChI=1S/C16H14N8.2ClH/c17-13(18)7-1-3-9-11(5-7)23-15(21-9)16-22-10-4-2-8(14(19)20)6-12(10)24-16;;/h1-6H,(H3,17,18)(H3,19,20)(H,21,23)(H,22,24);2*1H. The van der Waals surface area contributed by atoms with Crippen LogP contribution in [0, 0.1) is 10.8 Å². The quantitative estimate of drug-likeness (QED) is 0.234. The molecule has 4 rings (SSSR count). The maximum atomic E-state index is 7.51. The number of fused-ring (bicyclic) bond motifs is 2. The highest BCUT2D eigenvalue weighted by Crippen LogP contribution is 2.22. The van der Waals surface area contributed by atoms with E-state index in [9.17, 15) is 0 Å². The van der Waals surface area contributed by atoms with Crippen molar-refractivity contribution in [1.29, 1.82) is 10.8 Å². The zero-order valence-electron chi connectivity index (χ0n) is 13.3. The van der Waals surface area contributed by atoms with Crippen LogP contribution in [0.4, 0.5) is 0 Å². The van der Waals surface area contributed by atoms with Crippen LogP contribution in [0.25, 0.3) is 33.7 Å². The van der Waals surface area contributed by atoms with Crippen molar-refractivity contribution in [2.75, 3.05) is 0 Å². The molecular weight excluding hydrogens is 375 g/mol. The minimum Gasteiger partial charge on any atom is -0.384 e. The van der Waals surface area contributed by atoms with Crippen molar-refractivity contribution in [3.63, 3.8) is 0 Å². The molecule has 0 aliphatic carbocycles. The fourth-order valence-electron chi connectivity index (χ4n) is 2.58. The molecule has 134 valence electrons. The van der Waals surface area contributed by atoms with Gasteiger partial charge in [-0.25, -0.2) is 9.97 Å². The number of nitrogen functional groups attached to an aromatic ring is 2. The van der Waals surface area contributed by atoms with Crippen LogP contribution in [0.5, 0.6) is 0 Å². The van der Waals surface area contributed by atoms with Crippen LogP contribution in [0.1, 0.15) is 11.1 Å². The SMILES string of the molecule is Cl.Cl.N=C(N)c1ccc2nc(-c3nc4ccc(C(=N)N)cc4[nH]3)[nH]c2c1. The van der Waals surface area contributed by atoms with E-state index in [-0.39, 0.29) is 36.5 Å². The Bertz CT molecular complexity index is 1040. The maximum Gasteiger partial charge on any atom is 0.174 e. The van der Waals surface area contributed by atoms with E-state index in [1.165, 1.54) is 0 Å². The first-order chi connectivity index (χ1) is 11.5. The van der Waals surface area contributed by atoms with Crippen LogP contribution < -0.4 is 11.5 Å². The molecule has 0 saturated heterocycles. The van der Waals surface area contributed by atoms with Crippen LogP contribution >= 0.6 is 24.8 Å². The van der Waals surface area contributed by atoms with Gasteiger partial charge in [0, 0.05) is 11.1 Å². The first kappa shape index (κ1) is 19.2. The van der Waals surface area contributed by atoms with Crippen molar-refractivity contribution in [2.24, 2.45) is 11.5 Å². The van der Waals surface area contributed by atoms with Crippen molar-refractivity contribution < 1.29 is 0 Å². The molecule has 8 N–H and O–H groups in total. The molecule has 8 nitrogen and oxygen atoms in total. The van der Waals surface area contributed by atoms with E-state index >= 15 is 0 Å². The van der Waals surface area contributed by atoms with Gasteiger partial charge >= 0.3 is 0 Å².